The number of thiazole rings is 1. The molecule has 0 bridgehead atoms. The van der Waals surface area contributed by atoms with E-state index in [9.17, 15) is 13.6 Å². The average molecular weight is 477 g/mol. The van der Waals surface area contributed by atoms with Gasteiger partial charge in [-0.05, 0) is 42.8 Å². The van der Waals surface area contributed by atoms with E-state index < -0.39 is 11.6 Å². The van der Waals surface area contributed by atoms with E-state index in [4.69, 9.17) is 9.47 Å². The Morgan fingerprint density at radius 2 is 1.59 bits per heavy atom. The predicted octanol–water partition coefficient (Wildman–Crippen LogP) is 5.13. The molecule has 0 aliphatic heterocycles. The quantitative estimate of drug-likeness (QED) is 0.344. The number of aromatic nitrogens is 3. The summed E-state index contributed by atoms with van der Waals surface area (Å²) in [6.45, 7) is 2.23. The fraction of sp³-hybridized carbons (Fsp3) is 0.120. The molecule has 0 unspecified atom stereocenters. The van der Waals surface area contributed by atoms with Gasteiger partial charge < -0.3 is 9.47 Å². The van der Waals surface area contributed by atoms with Crippen molar-refractivity contribution in [1.82, 2.24) is 15.0 Å². The van der Waals surface area contributed by atoms with Crippen molar-refractivity contribution >= 4 is 28.3 Å². The van der Waals surface area contributed by atoms with Crippen LogP contribution in [0, 0.1) is 18.6 Å². The molecular formula is C25H17F2N3O3S. The third kappa shape index (κ3) is 4.06. The first-order valence-corrected chi connectivity index (χ1v) is 11.2. The van der Waals surface area contributed by atoms with Crippen LogP contribution in [-0.4, -0.2) is 33.9 Å². The summed E-state index contributed by atoms with van der Waals surface area (Å²) in [4.78, 5) is 27.1. The van der Waals surface area contributed by atoms with Gasteiger partial charge in [-0.3, -0.25) is 4.79 Å². The third-order valence-electron chi connectivity index (χ3n) is 5.32. The number of hydrogen-bond donors (Lipinski definition) is 0. The Hall–Kier alpha value is -3.98. The van der Waals surface area contributed by atoms with E-state index >= 15 is 0 Å². The summed E-state index contributed by atoms with van der Waals surface area (Å²) in [5.74, 6) is -1.38. The molecule has 6 nitrogen and oxygen atoms in total. The van der Waals surface area contributed by atoms with Gasteiger partial charge in [-0.15, -0.1) is 11.3 Å². The maximum Gasteiger partial charge on any atom is 0.195 e. The number of carbonyl (C=O) groups excluding carboxylic acids is 1. The lowest BCUT2D eigenvalue weighted by Gasteiger charge is -2.10. The largest absolute Gasteiger partial charge is 0.490 e. The monoisotopic (exact) mass is 477 g/mol. The molecule has 0 amide bonds. The van der Waals surface area contributed by atoms with Gasteiger partial charge in [0.1, 0.15) is 31.0 Å². The van der Waals surface area contributed by atoms with Crippen LogP contribution in [0.15, 0.2) is 60.6 Å². The third-order valence-corrected chi connectivity index (χ3v) is 6.08. The summed E-state index contributed by atoms with van der Waals surface area (Å²) in [6.07, 6.45) is 4.64. The summed E-state index contributed by atoms with van der Waals surface area (Å²) >= 11 is 1.51. The van der Waals surface area contributed by atoms with Crippen molar-refractivity contribution in [3.63, 3.8) is 0 Å². The minimum absolute atomic E-state index is 0.115. The van der Waals surface area contributed by atoms with E-state index in [1.807, 2.05) is 13.0 Å². The van der Waals surface area contributed by atoms with Gasteiger partial charge in [0, 0.05) is 45.6 Å². The number of Topliss-reactive ketones (excluding diaryl/α,β-unsaturated/α-hetero) is 1. The predicted molar refractivity (Wildman–Crippen MR) is 123 cm³/mol. The zero-order valence-electron chi connectivity index (χ0n) is 17.9. The molecule has 0 spiro atoms. The Labute approximate surface area is 197 Å². The van der Waals surface area contributed by atoms with Crippen LogP contribution in [0.5, 0.6) is 11.5 Å². The molecule has 2 aromatic heterocycles. The molecule has 0 fully saturated rings. The number of nitrogens with zero attached hydrogens (tertiary/aromatic N) is 3. The van der Waals surface area contributed by atoms with Gasteiger partial charge in [0.05, 0.1) is 11.2 Å². The van der Waals surface area contributed by atoms with Gasteiger partial charge in [-0.1, -0.05) is 0 Å². The second-order valence-electron chi connectivity index (χ2n) is 7.44. The van der Waals surface area contributed by atoms with Crippen LogP contribution in [0.2, 0.25) is 0 Å². The van der Waals surface area contributed by atoms with E-state index in [0.717, 1.165) is 33.8 Å². The van der Waals surface area contributed by atoms with E-state index in [1.54, 1.807) is 30.0 Å². The highest BCUT2D eigenvalue weighted by molar-refractivity contribution is 7.09. The zero-order valence-corrected chi connectivity index (χ0v) is 18.7. The highest BCUT2D eigenvalue weighted by atomic mass is 32.1. The summed E-state index contributed by atoms with van der Waals surface area (Å²) in [5.41, 5.74) is 5.65. The number of fused-ring (bicyclic) bond motifs is 1. The van der Waals surface area contributed by atoms with E-state index in [0.29, 0.717) is 22.4 Å². The number of rotatable bonds is 7. The molecule has 0 saturated carbocycles. The van der Waals surface area contributed by atoms with Crippen LogP contribution in [0.1, 0.15) is 32.1 Å². The summed E-state index contributed by atoms with van der Waals surface area (Å²) in [5, 5.41) is 0. The molecule has 4 aromatic rings. The Morgan fingerprint density at radius 1 is 0.882 bits per heavy atom. The minimum Gasteiger partial charge on any atom is -0.490 e. The smallest absolute Gasteiger partial charge is 0.195 e. The molecule has 0 atom stereocenters. The van der Waals surface area contributed by atoms with Gasteiger partial charge in [-0.2, -0.15) is 0 Å². The number of aryl methyl sites for hydroxylation is 1. The Balaban J connectivity index is 1.38. The molecule has 1 aliphatic carbocycles. The maximum atomic E-state index is 13.5. The SMILES string of the molecule is Cc1scnc1C1=C(c2cncnc2)C(=O)c2cc(OCCOc3ccc(F)c(F)c3)ccc21. The molecule has 170 valence electrons. The fourth-order valence-electron chi connectivity index (χ4n) is 3.78. The molecule has 1 aliphatic rings. The lowest BCUT2D eigenvalue weighted by atomic mass is 9.99. The Kier molecular flexibility index (Phi) is 5.85. The number of ether oxygens (including phenoxy) is 2. The van der Waals surface area contributed by atoms with Crippen LogP contribution in [-0.2, 0) is 0 Å². The van der Waals surface area contributed by atoms with Crippen molar-refractivity contribution in [2.24, 2.45) is 0 Å². The first-order valence-electron chi connectivity index (χ1n) is 10.3. The van der Waals surface area contributed by atoms with Crippen LogP contribution in [0.3, 0.4) is 0 Å². The van der Waals surface area contributed by atoms with Gasteiger partial charge in [0.15, 0.2) is 17.4 Å². The van der Waals surface area contributed by atoms with Crippen molar-refractivity contribution in [3.05, 3.63) is 99.5 Å². The van der Waals surface area contributed by atoms with Gasteiger partial charge >= 0.3 is 0 Å². The number of halogens is 2. The average Bonchev–Trinajstić information content (AvgIpc) is 3.39. The molecule has 5 rings (SSSR count). The molecule has 2 heterocycles. The lowest BCUT2D eigenvalue weighted by molar-refractivity contribution is 0.105. The van der Waals surface area contributed by atoms with Crippen LogP contribution in [0.4, 0.5) is 8.78 Å². The number of ketones is 1. The lowest BCUT2D eigenvalue weighted by Crippen LogP contribution is -2.09. The van der Waals surface area contributed by atoms with E-state index in [2.05, 4.69) is 15.0 Å². The van der Waals surface area contributed by atoms with Crippen LogP contribution in [0.25, 0.3) is 11.1 Å². The number of hydrogen-bond acceptors (Lipinski definition) is 7. The van der Waals surface area contributed by atoms with Crippen LogP contribution >= 0.6 is 11.3 Å². The molecule has 0 N–H and O–H groups in total. The molecular weight excluding hydrogens is 460 g/mol. The fourth-order valence-corrected chi connectivity index (χ4v) is 4.37. The second kappa shape index (κ2) is 9.11. The molecule has 9 heteroatoms. The Morgan fingerprint density at radius 3 is 2.26 bits per heavy atom. The van der Waals surface area contributed by atoms with Gasteiger partial charge in [0.25, 0.3) is 0 Å². The molecule has 2 aromatic carbocycles. The first kappa shape index (κ1) is 21.8. The topological polar surface area (TPSA) is 74.2 Å². The van der Waals surface area contributed by atoms with Gasteiger partial charge in [-0.25, -0.2) is 23.7 Å². The van der Waals surface area contributed by atoms with Crippen molar-refractivity contribution in [2.75, 3.05) is 13.2 Å². The standard InChI is InChI=1S/C25H17F2N3O3S/c1-14-24(30-13-34-14)23-18-4-2-16(32-6-7-33-17-3-5-20(26)21(27)9-17)8-19(18)25(31)22(23)15-10-28-12-29-11-15/h2-5,8-13H,6-7H2,1H3. The first-order chi connectivity index (χ1) is 16.5. The molecule has 0 saturated heterocycles. The summed E-state index contributed by atoms with van der Waals surface area (Å²) in [7, 11) is 0. The van der Waals surface area contributed by atoms with Gasteiger partial charge in [0.2, 0.25) is 0 Å². The van der Waals surface area contributed by atoms with Crippen molar-refractivity contribution in [2.45, 2.75) is 6.92 Å². The Bertz CT molecular complexity index is 1420. The minimum atomic E-state index is -0.978. The second-order valence-corrected chi connectivity index (χ2v) is 8.50. The van der Waals surface area contributed by atoms with E-state index in [1.165, 1.54) is 23.7 Å². The number of carbonyl (C=O) groups is 1. The number of benzene rings is 2. The normalized spacial score (nSPS) is 12.7. The highest BCUT2D eigenvalue weighted by Gasteiger charge is 2.33. The van der Waals surface area contributed by atoms with Crippen LogP contribution < -0.4 is 9.47 Å². The molecule has 34 heavy (non-hydrogen) atoms. The maximum absolute atomic E-state index is 13.5. The zero-order chi connectivity index (χ0) is 23.7. The summed E-state index contributed by atoms with van der Waals surface area (Å²) in [6, 6.07) is 8.62. The molecule has 0 radical (unpaired) electrons. The van der Waals surface area contributed by atoms with Crippen molar-refractivity contribution in [1.29, 1.82) is 0 Å². The number of allylic oxidation sites excluding steroid dienone is 1. The highest BCUT2D eigenvalue weighted by Crippen LogP contribution is 2.43. The van der Waals surface area contributed by atoms with Crippen molar-refractivity contribution in [3.8, 4) is 11.5 Å². The van der Waals surface area contributed by atoms with E-state index in [-0.39, 0.29) is 24.7 Å². The summed E-state index contributed by atoms with van der Waals surface area (Å²) < 4.78 is 37.5. The van der Waals surface area contributed by atoms with Crippen molar-refractivity contribution < 1.29 is 23.0 Å².